The Morgan fingerprint density at radius 2 is 1.23 bits per heavy atom. The maximum atomic E-state index is 10.6. The lowest BCUT2D eigenvalue weighted by Gasteiger charge is -1.95. The summed E-state index contributed by atoms with van der Waals surface area (Å²) in [6.45, 7) is 0. The second kappa shape index (κ2) is 8.50. The number of hydrogen-bond donors (Lipinski definition) is 1. The van der Waals surface area contributed by atoms with Gasteiger partial charge in [-0.3, -0.25) is 4.79 Å². The van der Waals surface area contributed by atoms with E-state index in [9.17, 15) is 9.59 Å². The standard InChI is InChI=1S/C6H2Cl3NO.C6H3Cl2NO2/c7-4-2-1-3(6(9)11)5(8)10-4;7-4-2-1-3(6(10)11)5(8)9-4/h1-2H;1-2H,(H,10,11). The van der Waals surface area contributed by atoms with Gasteiger partial charge in [0.25, 0.3) is 5.24 Å². The molecule has 0 saturated carbocycles. The molecule has 0 aliphatic carbocycles. The average molecular weight is 402 g/mol. The Hall–Kier alpha value is -1.11. The molecule has 0 spiro atoms. The number of carboxylic acids is 1. The van der Waals surface area contributed by atoms with Crippen LogP contribution in [0.1, 0.15) is 20.7 Å². The number of carboxylic acid groups (broad SMARTS) is 1. The highest BCUT2D eigenvalue weighted by atomic mass is 35.5. The number of hydrogen-bond acceptors (Lipinski definition) is 4. The summed E-state index contributed by atoms with van der Waals surface area (Å²) < 4.78 is 0. The molecule has 0 amide bonds. The van der Waals surface area contributed by atoms with E-state index in [0.29, 0.717) is 0 Å². The number of aromatic carboxylic acids is 1. The molecule has 0 atom stereocenters. The fourth-order valence-electron chi connectivity index (χ4n) is 1.13. The topological polar surface area (TPSA) is 80.2 Å². The van der Waals surface area contributed by atoms with E-state index >= 15 is 0 Å². The minimum atomic E-state index is -1.11. The van der Waals surface area contributed by atoms with Crippen LogP contribution in [0.15, 0.2) is 24.3 Å². The summed E-state index contributed by atoms with van der Waals surface area (Å²) in [6.07, 6.45) is 0. The number of carbonyl (C=O) groups excluding carboxylic acids is 1. The van der Waals surface area contributed by atoms with E-state index in [2.05, 4.69) is 9.97 Å². The van der Waals surface area contributed by atoms with Crippen molar-refractivity contribution in [3.8, 4) is 0 Å². The van der Waals surface area contributed by atoms with Gasteiger partial charge in [0, 0.05) is 0 Å². The maximum Gasteiger partial charge on any atom is 0.338 e. The summed E-state index contributed by atoms with van der Waals surface area (Å²) in [5.41, 5.74) is 0.119. The first kappa shape index (κ1) is 18.9. The van der Waals surface area contributed by atoms with Crippen molar-refractivity contribution < 1.29 is 14.7 Å². The predicted molar refractivity (Wildman–Crippen MR) is 85.7 cm³/mol. The normalized spacial score (nSPS) is 9.68. The molecule has 0 aliphatic heterocycles. The summed E-state index contributed by atoms with van der Waals surface area (Å²) in [7, 11) is 0. The molecule has 2 rings (SSSR count). The lowest BCUT2D eigenvalue weighted by atomic mass is 10.3. The molecule has 0 bridgehead atoms. The summed E-state index contributed by atoms with van der Waals surface area (Å²) >= 11 is 27.0. The summed E-state index contributed by atoms with van der Waals surface area (Å²) in [6, 6.07) is 5.55. The van der Waals surface area contributed by atoms with Gasteiger partial charge in [-0.15, -0.1) is 0 Å². The fraction of sp³-hybridized carbons (Fsp3) is 0. The van der Waals surface area contributed by atoms with Gasteiger partial charge in [-0.05, 0) is 35.9 Å². The summed E-state index contributed by atoms with van der Waals surface area (Å²) in [5.74, 6) is -1.11. The van der Waals surface area contributed by atoms with Crippen LogP contribution < -0.4 is 0 Å². The second-order valence-corrected chi connectivity index (χ2v) is 5.36. The molecule has 10 heteroatoms. The van der Waals surface area contributed by atoms with Crippen LogP contribution in [0.25, 0.3) is 0 Å². The minimum Gasteiger partial charge on any atom is -0.478 e. The molecule has 0 radical (unpaired) electrons. The second-order valence-electron chi connectivity index (χ2n) is 3.52. The van der Waals surface area contributed by atoms with Crippen molar-refractivity contribution in [3.05, 3.63) is 56.0 Å². The molecule has 0 saturated heterocycles. The molecule has 22 heavy (non-hydrogen) atoms. The monoisotopic (exact) mass is 400 g/mol. The number of aromatic nitrogens is 2. The maximum absolute atomic E-state index is 10.6. The number of halogens is 5. The Morgan fingerprint density at radius 3 is 1.55 bits per heavy atom. The van der Waals surface area contributed by atoms with Crippen LogP contribution in [0, 0.1) is 0 Å². The van der Waals surface area contributed by atoms with Gasteiger partial charge in [-0.2, -0.15) is 0 Å². The Balaban J connectivity index is 0.000000220. The highest BCUT2D eigenvalue weighted by Gasteiger charge is 2.09. The van der Waals surface area contributed by atoms with Crippen molar-refractivity contribution in [3.63, 3.8) is 0 Å². The van der Waals surface area contributed by atoms with Crippen LogP contribution in [0.5, 0.6) is 0 Å². The quantitative estimate of drug-likeness (QED) is 0.573. The third kappa shape index (κ3) is 5.59. The molecule has 1 N–H and O–H groups in total. The predicted octanol–water partition coefficient (Wildman–Crippen LogP) is 4.85. The molecule has 2 aromatic rings. The van der Waals surface area contributed by atoms with Crippen LogP contribution in [-0.4, -0.2) is 26.3 Å². The molecule has 5 nitrogen and oxygen atoms in total. The smallest absolute Gasteiger partial charge is 0.338 e. The van der Waals surface area contributed by atoms with E-state index in [0.717, 1.165) is 0 Å². The molecule has 2 aromatic heterocycles. The zero-order chi connectivity index (χ0) is 16.9. The first-order valence-corrected chi connectivity index (χ1v) is 7.18. The lowest BCUT2D eigenvalue weighted by molar-refractivity contribution is 0.0696. The molecular weight excluding hydrogens is 397 g/mol. The van der Waals surface area contributed by atoms with E-state index in [-0.39, 0.29) is 31.7 Å². The zero-order valence-electron chi connectivity index (χ0n) is 10.4. The van der Waals surface area contributed by atoms with E-state index in [1.54, 1.807) is 0 Å². The highest BCUT2D eigenvalue weighted by molar-refractivity contribution is 6.68. The van der Waals surface area contributed by atoms with Gasteiger partial charge in [-0.25, -0.2) is 14.8 Å². The van der Waals surface area contributed by atoms with Crippen molar-refractivity contribution in [1.29, 1.82) is 0 Å². The van der Waals surface area contributed by atoms with Crippen LogP contribution in [0.3, 0.4) is 0 Å². The van der Waals surface area contributed by atoms with E-state index in [1.165, 1.54) is 24.3 Å². The largest absolute Gasteiger partial charge is 0.478 e. The molecule has 0 aliphatic rings. The van der Waals surface area contributed by atoms with Gasteiger partial charge < -0.3 is 5.11 Å². The Morgan fingerprint density at radius 1 is 0.818 bits per heavy atom. The van der Waals surface area contributed by atoms with E-state index in [1.807, 2.05) is 0 Å². The van der Waals surface area contributed by atoms with Crippen LogP contribution in [0.2, 0.25) is 20.6 Å². The van der Waals surface area contributed by atoms with Gasteiger partial charge in [-0.1, -0.05) is 46.4 Å². The first-order valence-electron chi connectivity index (χ1n) is 5.29. The van der Waals surface area contributed by atoms with Gasteiger partial charge in [0.2, 0.25) is 0 Å². The third-order valence-corrected chi connectivity index (χ3v) is 3.27. The summed E-state index contributed by atoms with van der Waals surface area (Å²) in [4.78, 5) is 28.1. The van der Waals surface area contributed by atoms with Gasteiger partial charge in [0.15, 0.2) is 0 Å². The number of carbonyl (C=O) groups is 2. The molecule has 0 unspecified atom stereocenters. The molecule has 0 aromatic carbocycles. The van der Waals surface area contributed by atoms with Crippen LogP contribution >= 0.6 is 58.0 Å². The molecular formula is C12H5Cl5N2O3. The van der Waals surface area contributed by atoms with Crippen molar-refractivity contribution in [1.82, 2.24) is 9.97 Å². The van der Waals surface area contributed by atoms with Crippen LogP contribution in [0.4, 0.5) is 0 Å². The Kier molecular flexibility index (Phi) is 7.32. The van der Waals surface area contributed by atoms with Crippen molar-refractivity contribution in [2.45, 2.75) is 0 Å². The first-order chi connectivity index (χ1) is 10.2. The minimum absolute atomic E-state index is 0.0255. The molecule has 0 fully saturated rings. The van der Waals surface area contributed by atoms with E-state index < -0.39 is 11.2 Å². The SMILES string of the molecule is O=C(Cl)c1ccc(Cl)nc1Cl.O=C(O)c1ccc(Cl)nc1Cl. The third-order valence-electron chi connectivity index (χ3n) is 2.07. The Bertz CT molecular complexity index is 662. The highest BCUT2D eigenvalue weighted by Crippen LogP contribution is 2.18. The lowest BCUT2D eigenvalue weighted by Crippen LogP contribution is -1.98. The van der Waals surface area contributed by atoms with Crippen LogP contribution in [-0.2, 0) is 0 Å². The van der Waals surface area contributed by atoms with Gasteiger partial charge >= 0.3 is 5.97 Å². The van der Waals surface area contributed by atoms with Crippen molar-refractivity contribution in [2.24, 2.45) is 0 Å². The average Bonchev–Trinajstić information content (AvgIpc) is 2.38. The molecule has 116 valence electrons. The number of pyridine rings is 2. The number of rotatable bonds is 2. The van der Waals surface area contributed by atoms with Gasteiger partial charge in [0.1, 0.15) is 20.6 Å². The summed E-state index contributed by atoms with van der Waals surface area (Å²) in [5, 5.41) is 8.20. The van der Waals surface area contributed by atoms with E-state index in [4.69, 9.17) is 63.1 Å². The van der Waals surface area contributed by atoms with Crippen molar-refractivity contribution >= 4 is 69.2 Å². The number of nitrogens with zero attached hydrogens (tertiary/aromatic N) is 2. The Labute approximate surface area is 149 Å². The van der Waals surface area contributed by atoms with Crippen molar-refractivity contribution in [2.75, 3.05) is 0 Å². The fourth-order valence-corrected chi connectivity index (χ4v) is 2.19. The zero-order valence-corrected chi connectivity index (χ0v) is 14.1. The van der Waals surface area contributed by atoms with Gasteiger partial charge in [0.05, 0.1) is 11.1 Å². The molecule has 2 heterocycles.